The molecule has 3 rings (SSSR count). The average molecular weight is 394 g/mol. The van der Waals surface area contributed by atoms with Gasteiger partial charge in [-0.2, -0.15) is 0 Å². The number of alkyl carbamates (subject to hydrolysis) is 1. The molecule has 29 heavy (non-hydrogen) atoms. The quantitative estimate of drug-likeness (QED) is 0.763. The van der Waals surface area contributed by atoms with Gasteiger partial charge in [0, 0.05) is 12.1 Å². The number of aromatic amines is 1. The first kappa shape index (κ1) is 20.5. The number of methoxy groups -OCH3 is 1. The van der Waals surface area contributed by atoms with E-state index in [9.17, 15) is 9.59 Å². The lowest BCUT2D eigenvalue weighted by atomic mass is 10.0. The highest BCUT2D eigenvalue weighted by molar-refractivity contribution is 5.86. The number of imidazole rings is 1. The maximum atomic E-state index is 13.2. The van der Waals surface area contributed by atoms with Crippen molar-refractivity contribution in [2.75, 3.05) is 13.7 Å². The van der Waals surface area contributed by atoms with Gasteiger partial charge in [-0.25, -0.2) is 9.78 Å². The Hall–Kier alpha value is -3.27. The number of carbonyl (C=O) groups excluding carboxylic acids is 2. The molecular weight excluding hydrogens is 368 g/mol. The molecule has 2 amide bonds. The van der Waals surface area contributed by atoms with E-state index in [1.165, 1.54) is 7.11 Å². The molecule has 0 bridgehead atoms. The summed E-state index contributed by atoms with van der Waals surface area (Å²) in [5.41, 5.74) is 2.67. The van der Waals surface area contributed by atoms with Crippen LogP contribution in [0.2, 0.25) is 0 Å². The first-order valence-electron chi connectivity index (χ1n) is 9.71. The molecule has 0 unspecified atom stereocenters. The minimum Gasteiger partial charge on any atom is -0.453 e. The molecule has 1 saturated heterocycles. The van der Waals surface area contributed by atoms with Gasteiger partial charge in [0.25, 0.3) is 0 Å². The maximum Gasteiger partial charge on any atom is 0.407 e. The number of likely N-dealkylation sites (tertiary alicyclic amines) is 1. The van der Waals surface area contributed by atoms with E-state index in [-0.39, 0.29) is 17.9 Å². The zero-order valence-corrected chi connectivity index (χ0v) is 16.9. The number of carbonyl (C=O) groups is 2. The van der Waals surface area contributed by atoms with Crippen molar-refractivity contribution in [1.29, 1.82) is 0 Å². The summed E-state index contributed by atoms with van der Waals surface area (Å²) in [5.74, 6) is 3.16. The molecule has 1 aliphatic heterocycles. The highest BCUT2D eigenvalue weighted by Gasteiger charge is 2.37. The van der Waals surface area contributed by atoms with Crippen molar-refractivity contribution in [2.45, 2.75) is 38.8 Å². The number of hydrogen-bond donors (Lipinski definition) is 2. The Morgan fingerprint density at radius 1 is 1.34 bits per heavy atom. The van der Waals surface area contributed by atoms with Gasteiger partial charge in [0.1, 0.15) is 11.9 Å². The lowest BCUT2D eigenvalue weighted by Gasteiger charge is -2.30. The number of hydrogen-bond acceptors (Lipinski definition) is 4. The topological polar surface area (TPSA) is 87.3 Å². The second-order valence-electron chi connectivity index (χ2n) is 7.45. The molecule has 0 aliphatic carbocycles. The van der Waals surface area contributed by atoms with Crippen molar-refractivity contribution < 1.29 is 14.3 Å². The van der Waals surface area contributed by atoms with Gasteiger partial charge < -0.3 is 19.9 Å². The van der Waals surface area contributed by atoms with Gasteiger partial charge in [-0.1, -0.05) is 31.9 Å². The fourth-order valence-corrected chi connectivity index (χ4v) is 3.59. The van der Waals surface area contributed by atoms with E-state index in [0.29, 0.717) is 6.54 Å². The number of aromatic nitrogens is 2. The van der Waals surface area contributed by atoms with Crippen molar-refractivity contribution in [3.8, 4) is 23.6 Å². The van der Waals surface area contributed by atoms with Gasteiger partial charge in [0.15, 0.2) is 0 Å². The summed E-state index contributed by atoms with van der Waals surface area (Å²) >= 11 is 0. The second-order valence-corrected chi connectivity index (χ2v) is 7.45. The molecule has 7 nitrogen and oxygen atoms in total. The van der Waals surface area contributed by atoms with Crippen LogP contribution in [0, 0.1) is 18.3 Å². The lowest BCUT2D eigenvalue weighted by molar-refractivity contribution is -0.135. The van der Waals surface area contributed by atoms with Crippen molar-refractivity contribution in [3.05, 3.63) is 41.9 Å². The van der Waals surface area contributed by atoms with Gasteiger partial charge >= 0.3 is 6.09 Å². The van der Waals surface area contributed by atoms with Crippen LogP contribution in [0.5, 0.6) is 0 Å². The SMILES string of the molecule is C#Cc1ccc(-c2cnc([C@@H]3CCCN3C(=O)[C@@H](NC(=O)OC)C(C)C)[nH]2)cc1. The smallest absolute Gasteiger partial charge is 0.407 e. The molecule has 7 heteroatoms. The zero-order chi connectivity index (χ0) is 21.0. The number of nitrogens with one attached hydrogen (secondary N) is 2. The molecule has 1 fully saturated rings. The van der Waals surface area contributed by atoms with Crippen LogP contribution in [0.1, 0.15) is 44.1 Å². The molecule has 1 aromatic heterocycles. The third kappa shape index (κ3) is 4.43. The molecule has 2 N–H and O–H groups in total. The standard InChI is InChI=1S/C22H26N4O3/c1-5-15-8-10-16(11-9-15)17-13-23-20(24-17)18-7-6-12-26(18)21(27)19(14(2)3)25-22(28)29-4/h1,8-11,13-14,18-19H,6-7,12H2,2-4H3,(H,23,24)(H,25,28)/t18-,19-/m0/s1. The number of nitrogens with zero attached hydrogens (tertiary/aromatic N) is 2. The Morgan fingerprint density at radius 3 is 2.69 bits per heavy atom. The monoisotopic (exact) mass is 394 g/mol. The molecule has 152 valence electrons. The van der Waals surface area contributed by atoms with Crippen LogP contribution in [-0.4, -0.2) is 46.6 Å². The van der Waals surface area contributed by atoms with Crippen molar-refractivity contribution in [3.63, 3.8) is 0 Å². The van der Waals surface area contributed by atoms with Crippen molar-refractivity contribution >= 4 is 12.0 Å². The molecule has 1 aliphatic rings. The number of benzene rings is 1. The van der Waals surface area contributed by atoms with E-state index < -0.39 is 12.1 Å². The fourth-order valence-electron chi connectivity index (χ4n) is 3.59. The van der Waals surface area contributed by atoms with E-state index in [4.69, 9.17) is 6.42 Å². The molecule has 0 saturated carbocycles. The largest absolute Gasteiger partial charge is 0.453 e. The lowest BCUT2D eigenvalue weighted by Crippen LogP contribution is -2.51. The number of ether oxygens (including phenoxy) is 1. The summed E-state index contributed by atoms with van der Waals surface area (Å²) in [6, 6.07) is 6.86. The van der Waals surface area contributed by atoms with Crippen LogP contribution in [-0.2, 0) is 9.53 Å². The highest BCUT2D eigenvalue weighted by atomic mass is 16.5. The predicted molar refractivity (Wildman–Crippen MR) is 110 cm³/mol. The summed E-state index contributed by atoms with van der Waals surface area (Å²) in [5, 5.41) is 2.66. The fraction of sp³-hybridized carbons (Fsp3) is 0.409. The molecule has 1 aromatic carbocycles. The minimum atomic E-state index is -0.645. The number of rotatable bonds is 5. The number of terminal acetylenes is 1. The average Bonchev–Trinajstić information content (AvgIpc) is 3.40. The van der Waals surface area contributed by atoms with Gasteiger partial charge in [-0.3, -0.25) is 4.79 Å². The first-order chi connectivity index (χ1) is 13.9. The van der Waals surface area contributed by atoms with E-state index in [0.717, 1.165) is 35.5 Å². The normalized spacial score (nSPS) is 17.1. The minimum absolute atomic E-state index is 0.0651. The van der Waals surface area contributed by atoms with E-state index >= 15 is 0 Å². The van der Waals surface area contributed by atoms with E-state index in [1.54, 1.807) is 11.1 Å². The van der Waals surface area contributed by atoms with Crippen LogP contribution in [0.4, 0.5) is 4.79 Å². The summed E-state index contributed by atoms with van der Waals surface area (Å²) in [7, 11) is 1.29. The van der Waals surface area contributed by atoms with Gasteiger partial charge in [-0.15, -0.1) is 6.42 Å². The molecule has 0 radical (unpaired) electrons. The third-order valence-corrected chi connectivity index (χ3v) is 5.20. The van der Waals surface area contributed by atoms with Crippen LogP contribution in [0.15, 0.2) is 30.5 Å². The molecule has 2 aromatic rings. The van der Waals surface area contributed by atoms with Crippen LogP contribution in [0.25, 0.3) is 11.3 Å². The summed E-state index contributed by atoms with van der Waals surface area (Å²) in [4.78, 5) is 34.5. The summed E-state index contributed by atoms with van der Waals surface area (Å²) < 4.78 is 4.67. The highest BCUT2D eigenvalue weighted by Crippen LogP contribution is 2.32. The maximum absolute atomic E-state index is 13.2. The third-order valence-electron chi connectivity index (χ3n) is 5.20. The predicted octanol–water partition coefficient (Wildman–Crippen LogP) is 3.10. The van der Waals surface area contributed by atoms with Gasteiger partial charge in [0.05, 0.1) is 25.0 Å². The van der Waals surface area contributed by atoms with Gasteiger partial charge in [0.2, 0.25) is 5.91 Å². The second kappa shape index (κ2) is 8.82. The molecule has 2 heterocycles. The number of amides is 2. The Bertz CT molecular complexity index is 911. The van der Waals surface area contributed by atoms with Crippen LogP contribution in [0.3, 0.4) is 0 Å². The van der Waals surface area contributed by atoms with Crippen LogP contribution < -0.4 is 5.32 Å². The Kier molecular flexibility index (Phi) is 6.23. The Morgan fingerprint density at radius 2 is 2.07 bits per heavy atom. The molecule has 0 spiro atoms. The van der Waals surface area contributed by atoms with E-state index in [2.05, 4.69) is 25.9 Å². The zero-order valence-electron chi connectivity index (χ0n) is 16.9. The van der Waals surface area contributed by atoms with Gasteiger partial charge in [-0.05, 0) is 36.5 Å². The van der Waals surface area contributed by atoms with E-state index in [1.807, 2.05) is 38.1 Å². The molecule has 2 atom stereocenters. The Balaban J connectivity index is 1.79. The summed E-state index contributed by atoms with van der Waals surface area (Å²) in [6.45, 7) is 4.42. The van der Waals surface area contributed by atoms with Crippen molar-refractivity contribution in [2.24, 2.45) is 5.92 Å². The molecular formula is C22H26N4O3. The summed E-state index contributed by atoms with van der Waals surface area (Å²) in [6.07, 6.45) is 8.27. The van der Waals surface area contributed by atoms with Crippen molar-refractivity contribution in [1.82, 2.24) is 20.2 Å². The Labute approximate surface area is 170 Å². The van der Waals surface area contributed by atoms with Crippen LogP contribution >= 0.6 is 0 Å². The number of H-pyrrole nitrogens is 1. The first-order valence-corrected chi connectivity index (χ1v) is 9.71.